The van der Waals surface area contributed by atoms with E-state index in [1.807, 2.05) is 19.3 Å². The van der Waals surface area contributed by atoms with Crippen LogP contribution in [0.2, 0.25) is 0 Å². The molecule has 1 saturated heterocycles. The second kappa shape index (κ2) is 9.47. The van der Waals surface area contributed by atoms with Gasteiger partial charge >= 0.3 is 5.97 Å². The van der Waals surface area contributed by atoms with Gasteiger partial charge in [-0.25, -0.2) is 14.8 Å². The number of hydrogen-bond acceptors (Lipinski definition) is 8. The van der Waals surface area contributed by atoms with Crippen LogP contribution < -0.4 is 10.6 Å². The van der Waals surface area contributed by atoms with Crippen molar-refractivity contribution in [3.63, 3.8) is 0 Å². The third kappa shape index (κ3) is 4.60. The van der Waals surface area contributed by atoms with E-state index in [-0.39, 0.29) is 36.2 Å². The third-order valence-corrected chi connectivity index (χ3v) is 5.69. The molecule has 1 aliphatic heterocycles. The molecule has 0 bridgehead atoms. The molecule has 2 aromatic rings. The first-order valence-corrected chi connectivity index (χ1v) is 10.2. The number of H-pyrrole nitrogens is 1. The molecule has 31 heavy (non-hydrogen) atoms. The molecule has 3 N–H and O–H groups in total. The number of likely N-dealkylation sites (N-methyl/N-ethyl adjacent to an activating group) is 1. The van der Waals surface area contributed by atoms with E-state index < -0.39 is 5.97 Å². The number of likely N-dealkylation sites (tertiary alicyclic amines) is 1. The molecule has 0 spiro atoms. The quantitative estimate of drug-likeness (QED) is 0.401. The smallest absolute Gasteiger partial charge is 0.350 e. The maximum atomic E-state index is 12.9. The topological polar surface area (TPSA) is 141 Å². The van der Waals surface area contributed by atoms with Crippen molar-refractivity contribution in [2.75, 3.05) is 31.6 Å². The first-order chi connectivity index (χ1) is 14.9. The molecule has 0 aromatic carbocycles. The van der Waals surface area contributed by atoms with Crippen molar-refractivity contribution in [2.45, 2.75) is 32.7 Å². The van der Waals surface area contributed by atoms with Crippen LogP contribution in [0.5, 0.6) is 0 Å². The predicted molar refractivity (Wildman–Crippen MR) is 115 cm³/mol. The first kappa shape index (κ1) is 22.1. The Morgan fingerprint density at radius 1 is 1.45 bits per heavy atom. The Bertz CT molecular complexity index is 1040. The van der Waals surface area contributed by atoms with Gasteiger partial charge in [-0.3, -0.25) is 4.79 Å². The van der Waals surface area contributed by atoms with Crippen molar-refractivity contribution < 1.29 is 14.3 Å². The molecule has 2 atom stereocenters. The van der Waals surface area contributed by atoms with Gasteiger partial charge in [0.1, 0.15) is 23.9 Å². The molecule has 0 saturated carbocycles. The minimum atomic E-state index is -0.806. The number of piperidine rings is 1. The number of nitriles is 1. The maximum Gasteiger partial charge on any atom is 0.350 e. The van der Waals surface area contributed by atoms with Gasteiger partial charge in [-0.05, 0) is 25.3 Å². The largest absolute Gasteiger partial charge is 0.462 e. The van der Waals surface area contributed by atoms with E-state index in [0.29, 0.717) is 19.0 Å². The van der Waals surface area contributed by atoms with E-state index >= 15 is 0 Å². The number of carbonyl (C=O) groups excluding carboxylic acids is 2. The van der Waals surface area contributed by atoms with Crippen molar-refractivity contribution in [2.24, 2.45) is 11.7 Å². The number of anilines is 1. The van der Waals surface area contributed by atoms with Crippen LogP contribution in [0, 0.1) is 17.2 Å². The average molecular weight is 425 g/mol. The number of rotatable bonds is 6. The fourth-order valence-corrected chi connectivity index (χ4v) is 3.89. The summed E-state index contributed by atoms with van der Waals surface area (Å²) in [6.07, 6.45) is 3.95. The standard InChI is InChI=1S/C21H27N7O3/c1-4-31-21(30)15(10-22)16(23)9-18(29)28-8-6-13(2)17(11-28)27(3)20-14-5-7-24-19(14)25-12-26-20/h5,7,12-13,17H,4,6,8-9,11,23H2,1-3H3,(H,24,25,26)/b16-15+/t13-,17?/m1/s1. The van der Waals surface area contributed by atoms with Crippen LogP contribution >= 0.6 is 0 Å². The Labute approximate surface area is 180 Å². The number of nitrogens with two attached hydrogens (primary N) is 1. The summed E-state index contributed by atoms with van der Waals surface area (Å²) >= 11 is 0. The lowest BCUT2D eigenvalue weighted by Gasteiger charge is -2.42. The molecule has 1 unspecified atom stereocenters. The highest BCUT2D eigenvalue weighted by Crippen LogP contribution is 2.29. The minimum absolute atomic E-state index is 0.0383. The number of aromatic amines is 1. The Morgan fingerprint density at radius 2 is 2.23 bits per heavy atom. The van der Waals surface area contributed by atoms with Crippen molar-refractivity contribution in [3.05, 3.63) is 29.9 Å². The molecule has 0 radical (unpaired) electrons. The average Bonchev–Trinajstić information content (AvgIpc) is 3.23. The van der Waals surface area contributed by atoms with Gasteiger partial charge in [-0.1, -0.05) is 6.92 Å². The summed E-state index contributed by atoms with van der Waals surface area (Å²) in [7, 11) is 1.97. The zero-order valence-electron chi connectivity index (χ0n) is 18.0. The maximum absolute atomic E-state index is 12.9. The van der Waals surface area contributed by atoms with E-state index in [1.165, 1.54) is 6.33 Å². The number of carbonyl (C=O) groups is 2. The molecule has 0 aliphatic carbocycles. The summed E-state index contributed by atoms with van der Waals surface area (Å²) in [5.74, 6) is 0.0970. The van der Waals surface area contributed by atoms with Gasteiger partial charge in [0.15, 0.2) is 5.57 Å². The number of fused-ring (bicyclic) bond motifs is 1. The summed E-state index contributed by atoms with van der Waals surface area (Å²) < 4.78 is 4.84. The summed E-state index contributed by atoms with van der Waals surface area (Å²) in [5.41, 5.74) is 6.28. The Balaban J connectivity index is 1.76. The summed E-state index contributed by atoms with van der Waals surface area (Å²) in [6.45, 7) is 4.99. The fraction of sp³-hybridized carbons (Fsp3) is 0.476. The SMILES string of the molecule is CCOC(=O)/C(C#N)=C(/N)CC(=O)N1CC[C@@H](C)C(N(C)c2ncnc3[nH]ccc23)C1. The number of amides is 1. The van der Waals surface area contributed by atoms with Crippen LogP contribution in [-0.4, -0.2) is 64.5 Å². The molecule has 1 aliphatic rings. The van der Waals surface area contributed by atoms with Gasteiger partial charge in [-0.2, -0.15) is 5.26 Å². The van der Waals surface area contributed by atoms with Gasteiger partial charge < -0.3 is 25.3 Å². The second-order valence-electron chi connectivity index (χ2n) is 7.63. The lowest BCUT2D eigenvalue weighted by Crippen LogP contribution is -2.53. The van der Waals surface area contributed by atoms with E-state index in [0.717, 1.165) is 23.3 Å². The lowest BCUT2D eigenvalue weighted by molar-refractivity contribution is -0.138. The third-order valence-electron chi connectivity index (χ3n) is 5.69. The number of esters is 1. The highest BCUT2D eigenvalue weighted by molar-refractivity contribution is 5.95. The van der Waals surface area contributed by atoms with Crippen molar-refractivity contribution in [1.82, 2.24) is 19.9 Å². The van der Waals surface area contributed by atoms with Gasteiger partial charge in [0.2, 0.25) is 5.91 Å². The summed E-state index contributed by atoms with van der Waals surface area (Å²) in [4.78, 5) is 40.3. The van der Waals surface area contributed by atoms with Gasteiger partial charge in [0, 0.05) is 32.0 Å². The zero-order chi connectivity index (χ0) is 22.5. The number of hydrogen-bond donors (Lipinski definition) is 2. The number of ether oxygens (including phenoxy) is 1. The fourth-order valence-electron chi connectivity index (χ4n) is 3.89. The normalized spacial score (nSPS) is 19.5. The highest BCUT2D eigenvalue weighted by Gasteiger charge is 2.33. The Kier molecular flexibility index (Phi) is 6.74. The van der Waals surface area contributed by atoms with E-state index in [9.17, 15) is 14.9 Å². The van der Waals surface area contributed by atoms with Crippen molar-refractivity contribution in [1.29, 1.82) is 5.26 Å². The summed E-state index contributed by atoms with van der Waals surface area (Å²) in [5, 5.41) is 10.1. The molecule has 3 rings (SSSR count). The molecule has 1 amide bonds. The van der Waals surface area contributed by atoms with Gasteiger partial charge in [0.05, 0.1) is 24.5 Å². The predicted octanol–water partition coefficient (Wildman–Crippen LogP) is 1.32. The molecule has 10 nitrogen and oxygen atoms in total. The monoisotopic (exact) mass is 425 g/mol. The Hall–Kier alpha value is -3.61. The number of nitrogens with zero attached hydrogens (tertiary/aromatic N) is 5. The molecular weight excluding hydrogens is 398 g/mol. The summed E-state index contributed by atoms with van der Waals surface area (Å²) in [6, 6.07) is 3.72. The van der Waals surface area contributed by atoms with E-state index in [2.05, 4.69) is 26.8 Å². The van der Waals surface area contributed by atoms with Crippen LogP contribution in [0.3, 0.4) is 0 Å². The molecule has 1 fully saturated rings. The molecule has 2 aromatic heterocycles. The molecular formula is C21H27N7O3. The van der Waals surface area contributed by atoms with Crippen molar-refractivity contribution in [3.8, 4) is 6.07 Å². The highest BCUT2D eigenvalue weighted by atomic mass is 16.5. The lowest BCUT2D eigenvalue weighted by atomic mass is 9.92. The van der Waals surface area contributed by atoms with Crippen LogP contribution in [0.4, 0.5) is 5.82 Å². The van der Waals surface area contributed by atoms with E-state index in [1.54, 1.807) is 17.9 Å². The Morgan fingerprint density at radius 3 is 2.94 bits per heavy atom. The molecule has 10 heteroatoms. The van der Waals surface area contributed by atoms with Gasteiger partial charge in [0.25, 0.3) is 0 Å². The number of aromatic nitrogens is 3. The van der Waals surface area contributed by atoms with Gasteiger partial charge in [-0.15, -0.1) is 0 Å². The van der Waals surface area contributed by atoms with Crippen LogP contribution in [-0.2, 0) is 14.3 Å². The minimum Gasteiger partial charge on any atom is -0.462 e. The van der Waals surface area contributed by atoms with Crippen LogP contribution in [0.15, 0.2) is 29.9 Å². The zero-order valence-corrected chi connectivity index (χ0v) is 18.0. The van der Waals surface area contributed by atoms with Crippen molar-refractivity contribution >= 4 is 28.7 Å². The van der Waals surface area contributed by atoms with E-state index in [4.69, 9.17) is 10.5 Å². The first-order valence-electron chi connectivity index (χ1n) is 10.2. The van der Waals surface area contributed by atoms with Crippen LogP contribution in [0.25, 0.3) is 11.0 Å². The molecule has 164 valence electrons. The van der Waals surface area contributed by atoms with Crippen LogP contribution in [0.1, 0.15) is 26.7 Å². The second-order valence-corrected chi connectivity index (χ2v) is 7.63. The number of nitrogens with one attached hydrogen (secondary N) is 1. The molecule has 3 heterocycles.